The molecule has 4 fully saturated rings. The zero-order valence-electron chi connectivity index (χ0n) is 33.5. The molecule has 0 radical (unpaired) electrons. The van der Waals surface area contributed by atoms with Crippen LogP contribution in [0.15, 0.2) is 36.5 Å². The summed E-state index contributed by atoms with van der Waals surface area (Å²) in [6, 6.07) is 0. The van der Waals surface area contributed by atoms with E-state index in [4.69, 9.17) is 9.29 Å². The summed E-state index contributed by atoms with van der Waals surface area (Å²) < 4.78 is 37.0. The number of carbonyl (C=O) groups excluding carboxylic acids is 2. The molecule has 3 N–H and O–H groups in total. The topological polar surface area (TPSA) is 130 Å². The Balaban J connectivity index is 1.15. The average molecular weight is 760 g/mol. The number of aliphatic hydroxyl groups excluding tert-OH is 1. The smallest absolute Gasteiger partial charge is 0.306 e. The molecule has 8 nitrogen and oxygen atoms in total. The highest BCUT2D eigenvalue weighted by molar-refractivity contribution is 7.85. The molecule has 0 heterocycles. The van der Waals surface area contributed by atoms with Crippen molar-refractivity contribution in [3.8, 4) is 0 Å². The van der Waals surface area contributed by atoms with Gasteiger partial charge in [0, 0.05) is 19.4 Å². The number of amides is 1. The van der Waals surface area contributed by atoms with Crippen molar-refractivity contribution in [3.05, 3.63) is 36.5 Å². The number of aliphatic hydroxyl groups is 1. The lowest BCUT2D eigenvalue weighted by Crippen LogP contribution is -2.59. The number of allylic oxidation sites excluding steroid dienone is 6. The predicted molar refractivity (Wildman–Crippen MR) is 214 cm³/mol. The first-order valence-corrected chi connectivity index (χ1v) is 22.9. The van der Waals surface area contributed by atoms with Crippen molar-refractivity contribution in [1.82, 2.24) is 5.32 Å². The summed E-state index contributed by atoms with van der Waals surface area (Å²) in [6.07, 6.45) is 32.7. The molecule has 4 saturated carbocycles. The van der Waals surface area contributed by atoms with Crippen molar-refractivity contribution in [3.63, 3.8) is 0 Å². The lowest BCUT2D eigenvalue weighted by atomic mass is 9.43. The Morgan fingerprint density at radius 2 is 1.57 bits per heavy atom. The minimum Gasteiger partial charge on any atom is -0.462 e. The average Bonchev–Trinajstić information content (AvgIpc) is 3.47. The van der Waals surface area contributed by atoms with Gasteiger partial charge >= 0.3 is 5.97 Å². The molecule has 0 bridgehead atoms. The van der Waals surface area contributed by atoms with Crippen LogP contribution in [0, 0.1) is 46.3 Å². The highest BCUT2D eigenvalue weighted by Gasteiger charge is 2.63. The summed E-state index contributed by atoms with van der Waals surface area (Å²) in [7, 11) is -4.10. The van der Waals surface area contributed by atoms with E-state index in [2.05, 4.69) is 69.5 Å². The molecular weight excluding hydrogens is 687 g/mol. The molecule has 0 aromatic carbocycles. The number of carbonyl (C=O) groups is 2. The fraction of sp³-hybridized carbons (Fsp3) is 0.818. The second-order valence-electron chi connectivity index (χ2n) is 17.6. The Hall–Kier alpha value is -1.97. The van der Waals surface area contributed by atoms with Gasteiger partial charge in [-0.25, -0.2) is 0 Å². The van der Waals surface area contributed by atoms with Gasteiger partial charge in [0.1, 0.15) is 6.10 Å². The van der Waals surface area contributed by atoms with E-state index in [-0.39, 0.29) is 47.4 Å². The SMILES string of the molecule is CC/C=C\C/C=C\C/C=C\CCCCCCCC(=O)OC1CCC2(C)C(CCC3C2CC(O)C2(C)C(C(C)CCC(=O)NCCS(=O)(=O)O)CCC32)C1. The zero-order chi connectivity index (χ0) is 38.5. The third-order valence-electron chi connectivity index (χ3n) is 14.3. The van der Waals surface area contributed by atoms with Gasteiger partial charge in [0.25, 0.3) is 10.1 Å². The molecule has 0 saturated heterocycles. The van der Waals surface area contributed by atoms with Gasteiger partial charge in [-0.1, -0.05) is 83.4 Å². The Labute approximate surface area is 322 Å². The first-order valence-electron chi connectivity index (χ1n) is 21.3. The van der Waals surface area contributed by atoms with E-state index in [9.17, 15) is 23.1 Å². The Bertz CT molecular complexity index is 1360. The molecular formula is C44H73NO7S. The number of hydrogen-bond acceptors (Lipinski definition) is 6. The van der Waals surface area contributed by atoms with Crippen LogP contribution >= 0.6 is 0 Å². The van der Waals surface area contributed by atoms with Crippen molar-refractivity contribution in [1.29, 1.82) is 0 Å². The quantitative estimate of drug-likeness (QED) is 0.0460. The number of esters is 1. The van der Waals surface area contributed by atoms with Crippen LogP contribution in [0.4, 0.5) is 0 Å². The molecule has 53 heavy (non-hydrogen) atoms. The normalized spacial score (nSPS) is 33.5. The van der Waals surface area contributed by atoms with Crippen molar-refractivity contribution >= 4 is 22.0 Å². The maximum absolute atomic E-state index is 12.8. The number of fused-ring (bicyclic) bond motifs is 5. The Morgan fingerprint density at radius 3 is 2.30 bits per heavy atom. The number of unbranched alkanes of at least 4 members (excludes halogenated alkanes) is 5. The van der Waals surface area contributed by atoms with Crippen LogP contribution < -0.4 is 5.32 Å². The molecule has 4 rings (SSSR count). The van der Waals surface area contributed by atoms with Gasteiger partial charge in [0.05, 0.1) is 11.9 Å². The maximum Gasteiger partial charge on any atom is 0.306 e. The van der Waals surface area contributed by atoms with Crippen LogP contribution in [-0.4, -0.2) is 54.5 Å². The third-order valence-corrected chi connectivity index (χ3v) is 15.0. The molecule has 1 amide bonds. The monoisotopic (exact) mass is 760 g/mol. The maximum atomic E-state index is 12.8. The first-order chi connectivity index (χ1) is 25.3. The van der Waals surface area contributed by atoms with E-state index in [1.807, 2.05) is 0 Å². The Kier molecular flexibility index (Phi) is 17.2. The first kappa shape index (κ1) is 43.8. The van der Waals surface area contributed by atoms with Gasteiger partial charge in [-0.05, 0) is 143 Å². The molecule has 4 aliphatic carbocycles. The van der Waals surface area contributed by atoms with Gasteiger partial charge in [-0.2, -0.15) is 8.42 Å². The molecule has 302 valence electrons. The standard InChI is InChI=1S/C44H73NO7S/c1-5-6-7-8-9-10-11-12-13-14-15-16-17-18-19-20-42(48)52-35-27-28-43(3)34(31-35)22-23-36-38-25-24-37(44(38,4)40(46)32-39(36)43)33(2)21-26-41(47)45-29-30-53(49,50)51/h6-7,9-10,12-13,33-40,46H,5,8,11,14-32H2,1-4H3,(H,45,47)(H,49,50,51)/b7-6-,10-9-,13-12-. The number of hydrogen-bond donors (Lipinski definition) is 3. The van der Waals surface area contributed by atoms with Crippen LogP contribution in [0.5, 0.6) is 0 Å². The summed E-state index contributed by atoms with van der Waals surface area (Å²) in [5, 5.41) is 14.5. The summed E-state index contributed by atoms with van der Waals surface area (Å²) in [5.74, 6) is 1.98. The van der Waals surface area contributed by atoms with Crippen LogP contribution in [0.25, 0.3) is 0 Å². The second kappa shape index (κ2) is 20.8. The number of ether oxygens (including phenoxy) is 1. The van der Waals surface area contributed by atoms with Crippen molar-refractivity contribution in [2.24, 2.45) is 46.3 Å². The third kappa shape index (κ3) is 12.3. The van der Waals surface area contributed by atoms with E-state index in [0.29, 0.717) is 48.9 Å². The minimum absolute atomic E-state index is 0.0206. The second-order valence-corrected chi connectivity index (χ2v) is 19.2. The summed E-state index contributed by atoms with van der Waals surface area (Å²) in [5.41, 5.74) is -0.00616. The van der Waals surface area contributed by atoms with Gasteiger partial charge in [0.15, 0.2) is 0 Å². The Morgan fingerprint density at radius 1 is 0.868 bits per heavy atom. The van der Waals surface area contributed by atoms with Crippen molar-refractivity contribution < 1.29 is 32.4 Å². The largest absolute Gasteiger partial charge is 0.462 e. The fourth-order valence-electron chi connectivity index (χ4n) is 11.4. The molecule has 0 spiro atoms. The van der Waals surface area contributed by atoms with E-state index in [1.54, 1.807) is 0 Å². The number of nitrogens with one attached hydrogen (secondary N) is 1. The summed E-state index contributed by atoms with van der Waals surface area (Å²) >= 11 is 0. The van der Waals surface area contributed by atoms with E-state index in [0.717, 1.165) is 77.0 Å². The van der Waals surface area contributed by atoms with E-state index in [1.165, 1.54) is 32.1 Å². The lowest BCUT2D eigenvalue weighted by Gasteiger charge is -2.62. The summed E-state index contributed by atoms with van der Waals surface area (Å²) in [4.78, 5) is 25.2. The van der Waals surface area contributed by atoms with Crippen LogP contribution in [0.2, 0.25) is 0 Å². The van der Waals surface area contributed by atoms with Crippen LogP contribution in [0.3, 0.4) is 0 Å². The van der Waals surface area contributed by atoms with Crippen LogP contribution in [-0.2, 0) is 24.4 Å². The minimum atomic E-state index is -4.10. The zero-order valence-corrected chi connectivity index (χ0v) is 34.3. The molecule has 10 unspecified atom stereocenters. The van der Waals surface area contributed by atoms with E-state index < -0.39 is 15.9 Å². The lowest BCUT2D eigenvalue weighted by molar-refractivity contribution is -0.181. The summed E-state index contributed by atoms with van der Waals surface area (Å²) in [6.45, 7) is 9.06. The van der Waals surface area contributed by atoms with Gasteiger partial charge in [0.2, 0.25) is 5.91 Å². The number of rotatable bonds is 21. The van der Waals surface area contributed by atoms with E-state index >= 15 is 0 Å². The van der Waals surface area contributed by atoms with Crippen LogP contribution in [0.1, 0.15) is 156 Å². The van der Waals surface area contributed by atoms with Crippen molar-refractivity contribution in [2.45, 2.75) is 168 Å². The molecule has 0 aliphatic heterocycles. The van der Waals surface area contributed by atoms with Gasteiger partial charge in [-0.15, -0.1) is 0 Å². The predicted octanol–water partition coefficient (Wildman–Crippen LogP) is 9.54. The van der Waals surface area contributed by atoms with Crippen molar-refractivity contribution in [2.75, 3.05) is 12.3 Å². The molecule has 10 atom stereocenters. The highest BCUT2D eigenvalue weighted by Crippen LogP contribution is 2.68. The molecule has 4 aliphatic rings. The molecule has 0 aromatic heterocycles. The highest BCUT2D eigenvalue weighted by atomic mass is 32.2. The van der Waals surface area contributed by atoms with Gasteiger partial charge < -0.3 is 15.2 Å². The molecule has 0 aromatic rings. The fourth-order valence-corrected chi connectivity index (χ4v) is 11.7. The van der Waals surface area contributed by atoms with Gasteiger partial charge in [-0.3, -0.25) is 14.1 Å². The molecule has 9 heteroatoms.